The number of amides is 2. The fourth-order valence-electron chi connectivity index (χ4n) is 2.41. The molecule has 1 heterocycles. The van der Waals surface area contributed by atoms with Gasteiger partial charge in [-0.2, -0.15) is 0 Å². The molecule has 1 aromatic carbocycles. The molecule has 0 bridgehead atoms. The van der Waals surface area contributed by atoms with Crippen molar-refractivity contribution in [2.24, 2.45) is 5.73 Å². The predicted octanol–water partition coefficient (Wildman–Crippen LogP) is 0.834. The number of halogens is 1. The molecular weight excluding hydrogens is 338 g/mol. The summed E-state index contributed by atoms with van der Waals surface area (Å²) in [7, 11) is 0. The van der Waals surface area contributed by atoms with E-state index < -0.39 is 0 Å². The van der Waals surface area contributed by atoms with E-state index in [1.807, 2.05) is 4.90 Å². The van der Waals surface area contributed by atoms with Gasteiger partial charge in [-0.15, -0.1) is 0 Å². The second-order valence-corrected chi connectivity index (χ2v) is 6.07. The average molecular weight is 356 g/mol. The zero-order chi connectivity index (χ0) is 15.4. The lowest BCUT2D eigenvalue weighted by atomic mass is 10.0. The molecule has 6 nitrogen and oxygen atoms in total. The number of nitrogens with one attached hydrogen (secondary N) is 1. The molecule has 1 aromatic rings. The van der Waals surface area contributed by atoms with Crippen LogP contribution >= 0.6 is 15.9 Å². The lowest BCUT2D eigenvalue weighted by Gasteiger charge is -2.31. The average Bonchev–Trinajstić information content (AvgIpc) is 2.43. The van der Waals surface area contributed by atoms with Gasteiger partial charge >= 0.3 is 0 Å². The Labute approximate surface area is 131 Å². The molecule has 7 heteroatoms. The third-order valence-corrected chi connectivity index (χ3v) is 4.00. The molecule has 1 saturated heterocycles. The Morgan fingerprint density at radius 2 is 2.05 bits per heavy atom. The largest absolute Gasteiger partial charge is 0.507 e. The molecule has 0 aliphatic carbocycles. The summed E-state index contributed by atoms with van der Waals surface area (Å²) in [6, 6.07) is 4.79. The van der Waals surface area contributed by atoms with E-state index in [4.69, 9.17) is 5.73 Å². The Morgan fingerprint density at radius 3 is 2.67 bits per heavy atom. The molecule has 0 radical (unpaired) electrons. The highest BCUT2D eigenvalue weighted by Gasteiger charge is 2.22. The smallest absolute Gasteiger partial charge is 0.255 e. The number of carbonyl (C=O) groups is 2. The number of nitrogens with two attached hydrogens (primary N) is 1. The summed E-state index contributed by atoms with van der Waals surface area (Å²) in [6.07, 6.45) is 1.52. The van der Waals surface area contributed by atoms with Crippen molar-refractivity contribution in [1.82, 2.24) is 10.2 Å². The number of piperidine rings is 1. The SMILES string of the molecule is NC(=O)CN1CCC(NC(=O)c2cc(Br)ccc2O)CC1. The number of hydrogen-bond donors (Lipinski definition) is 3. The number of phenolic OH excluding ortho intramolecular Hbond substituents is 1. The van der Waals surface area contributed by atoms with Crippen molar-refractivity contribution >= 4 is 27.7 Å². The zero-order valence-corrected chi connectivity index (χ0v) is 13.1. The van der Waals surface area contributed by atoms with Gasteiger partial charge in [-0.05, 0) is 31.0 Å². The van der Waals surface area contributed by atoms with Crippen LogP contribution in [0.2, 0.25) is 0 Å². The van der Waals surface area contributed by atoms with Crippen LogP contribution in [0.3, 0.4) is 0 Å². The summed E-state index contributed by atoms with van der Waals surface area (Å²) in [5.74, 6) is -0.666. The lowest BCUT2D eigenvalue weighted by Crippen LogP contribution is -2.46. The number of primary amides is 1. The molecule has 1 aliphatic rings. The van der Waals surface area contributed by atoms with Gasteiger partial charge in [0.2, 0.25) is 5.91 Å². The second kappa shape index (κ2) is 6.91. The minimum atomic E-state index is -0.337. The number of likely N-dealkylation sites (tertiary alicyclic amines) is 1. The third kappa shape index (κ3) is 4.44. The zero-order valence-electron chi connectivity index (χ0n) is 11.5. The maximum atomic E-state index is 12.2. The molecule has 0 saturated carbocycles. The van der Waals surface area contributed by atoms with Crippen molar-refractivity contribution in [2.45, 2.75) is 18.9 Å². The van der Waals surface area contributed by atoms with Crippen molar-refractivity contribution in [3.05, 3.63) is 28.2 Å². The van der Waals surface area contributed by atoms with Crippen LogP contribution in [0, 0.1) is 0 Å². The standard InChI is InChI=1S/C14H18BrN3O3/c15-9-1-2-12(19)11(7-9)14(21)17-10-3-5-18(6-4-10)8-13(16)20/h1-2,7,10,19H,3-6,8H2,(H2,16,20)(H,17,21). The van der Waals surface area contributed by atoms with Gasteiger partial charge in [0.25, 0.3) is 5.91 Å². The van der Waals surface area contributed by atoms with Gasteiger partial charge in [0.05, 0.1) is 12.1 Å². The molecule has 0 unspecified atom stereocenters. The number of rotatable bonds is 4. The van der Waals surface area contributed by atoms with E-state index in [0.717, 1.165) is 30.4 Å². The Hall–Kier alpha value is -1.60. The summed E-state index contributed by atoms with van der Waals surface area (Å²) in [5, 5.41) is 12.6. The van der Waals surface area contributed by atoms with Gasteiger partial charge < -0.3 is 16.2 Å². The molecule has 114 valence electrons. The number of carbonyl (C=O) groups excluding carboxylic acids is 2. The number of phenols is 1. The molecule has 1 aliphatic heterocycles. The van der Waals surface area contributed by atoms with Crippen molar-refractivity contribution < 1.29 is 14.7 Å². The van der Waals surface area contributed by atoms with E-state index in [0.29, 0.717) is 0 Å². The van der Waals surface area contributed by atoms with Gasteiger partial charge in [0.1, 0.15) is 5.75 Å². The molecule has 2 amide bonds. The fourth-order valence-corrected chi connectivity index (χ4v) is 2.77. The first-order valence-corrected chi connectivity index (χ1v) is 7.55. The summed E-state index contributed by atoms with van der Waals surface area (Å²) >= 11 is 3.28. The number of nitrogens with zero attached hydrogens (tertiary/aromatic N) is 1. The van der Waals surface area contributed by atoms with Crippen LogP contribution in [0.5, 0.6) is 5.75 Å². The van der Waals surface area contributed by atoms with Crippen LogP contribution in [0.4, 0.5) is 0 Å². The molecule has 21 heavy (non-hydrogen) atoms. The Kier molecular flexibility index (Phi) is 5.19. The van der Waals surface area contributed by atoms with Crippen LogP contribution < -0.4 is 11.1 Å². The topological polar surface area (TPSA) is 95.7 Å². The molecule has 4 N–H and O–H groups in total. The molecule has 2 rings (SSSR count). The summed E-state index contributed by atoms with van der Waals surface area (Å²) in [5.41, 5.74) is 5.42. The van der Waals surface area contributed by atoms with Crippen LogP contribution in [-0.4, -0.2) is 47.5 Å². The van der Waals surface area contributed by atoms with E-state index >= 15 is 0 Å². The van der Waals surface area contributed by atoms with E-state index in [2.05, 4.69) is 21.2 Å². The third-order valence-electron chi connectivity index (χ3n) is 3.51. The maximum absolute atomic E-state index is 12.2. The lowest BCUT2D eigenvalue weighted by molar-refractivity contribution is -0.119. The quantitative estimate of drug-likeness (QED) is 0.745. The van der Waals surface area contributed by atoms with Gasteiger partial charge in [-0.3, -0.25) is 14.5 Å². The minimum Gasteiger partial charge on any atom is -0.507 e. The highest BCUT2D eigenvalue weighted by Crippen LogP contribution is 2.22. The van der Waals surface area contributed by atoms with Crippen molar-refractivity contribution in [1.29, 1.82) is 0 Å². The van der Waals surface area contributed by atoms with Gasteiger partial charge in [0, 0.05) is 23.6 Å². The normalized spacial score (nSPS) is 16.6. The number of hydrogen-bond acceptors (Lipinski definition) is 4. The van der Waals surface area contributed by atoms with Gasteiger partial charge in [-0.1, -0.05) is 15.9 Å². The van der Waals surface area contributed by atoms with E-state index in [1.54, 1.807) is 12.1 Å². The first-order chi connectivity index (χ1) is 9.95. The van der Waals surface area contributed by atoms with Crippen LogP contribution in [-0.2, 0) is 4.79 Å². The molecule has 0 atom stereocenters. The first-order valence-electron chi connectivity index (χ1n) is 6.75. The van der Waals surface area contributed by atoms with E-state index in [1.165, 1.54) is 6.07 Å². The first kappa shape index (κ1) is 15.8. The van der Waals surface area contributed by atoms with Crippen molar-refractivity contribution in [3.63, 3.8) is 0 Å². The minimum absolute atomic E-state index is 0.0399. The number of benzene rings is 1. The summed E-state index contributed by atoms with van der Waals surface area (Å²) < 4.78 is 0.738. The van der Waals surface area contributed by atoms with Crippen LogP contribution in [0.25, 0.3) is 0 Å². The highest BCUT2D eigenvalue weighted by molar-refractivity contribution is 9.10. The number of aromatic hydroxyl groups is 1. The Bertz CT molecular complexity index is 542. The molecule has 0 spiro atoms. The second-order valence-electron chi connectivity index (χ2n) is 5.15. The highest BCUT2D eigenvalue weighted by atomic mass is 79.9. The molecular formula is C14H18BrN3O3. The van der Waals surface area contributed by atoms with Crippen molar-refractivity contribution in [3.8, 4) is 5.75 Å². The summed E-state index contributed by atoms with van der Waals surface area (Å²) in [6.45, 7) is 1.70. The maximum Gasteiger partial charge on any atom is 0.255 e. The Morgan fingerprint density at radius 1 is 1.38 bits per heavy atom. The van der Waals surface area contributed by atoms with E-state index in [-0.39, 0.29) is 35.7 Å². The van der Waals surface area contributed by atoms with Crippen LogP contribution in [0.1, 0.15) is 23.2 Å². The monoisotopic (exact) mass is 355 g/mol. The Balaban J connectivity index is 1.90. The van der Waals surface area contributed by atoms with Gasteiger partial charge in [-0.25, -0.2) is 0 Å². The molecule has 1 fully saturated rings. The van der Waals surface area contributed by atoms with E-state index in [9.17, 15) is 14.7 Å². The van der Waals surface area contributed by atoms with Crippen LogP contribution in [0.15, 0.2) is 22.7 Å². The summed E-state index contributed by atoms with van der Waals surface area (Å²) in [4.78, 5) is 25.0. The van der Waals surface area contributed by atoms with Crippen molar-refractivity contribution in [2.75, 3.05) is 19.6 Å². The molecule has 0 aromatic heterocycles. The van der Waals surface area contributed by atoms with Gasteiger partial charge in [0.15, 0.2) is 0 Å². The predicted molar refractivity (Wildman–Crippen MR) is 81.9 cm³/mol. The fraction of sp³-hybridized carbons (Fsp3) is 0.429.